The van der Waals surface area contributed by atoms with Crippen LogP contribution in [0.5, 0.6) is 0 Å². The Morgan fingerprint density at radius 3 is 2.31 bits per heavy atom. The van der Waals surface area contributed by atoms with E-state index in [0.29, 0.717) is 23.1 Å². The van der Waals surface area contributed by atoms with Crippen LogP contribution in [0.25, 0.3) is 16.7 Å². The Hall–Kier alpha value is -3.28. The molecule has 0 fully saturated rings. The first-order chi connectivity index (χ1) is 13.9. The van der Waals surface area contributed by atoms with E-state index in [1.165, 1.54) is 18.0 Å². The molecule has 0 atom stereocenters. The molecule has 2 heterocycles. The van der Waals surface area contributed by atoms with Gasteiger partial charge in [0, 0.05) is 17.4 Å². The molecular weight excluding hydrogens is 370 g/mol. The van der Waals surface area contributed by atoms with Gasteiger partial charge in [-0.15, -0.1) is 0 Å². The molecule has 0 aliphatic heterocycles. The summed E-state index contributed by atoms with van der Waals surface area (Å²) in [5, 5.41) is 4.22. The third-order valence-electron chi connectivity index (χ3n) is 5.29. The maximum absolute atomic E-state index is 13.8. The molecule has 0 saturated heterocycles. The molecule has 148 valence electrons. The Morgan fingerprint density at radius 2 is 1.66 bits per heavy atom. The zero-order chi connectivity index (χ0) is 20.7. The molecule has 0 aliphatic carbocycles. The fraction of sp³-hybridized carbons (Fsp3) is 0.217. The van der Waals surface area contributed by atoms with E-state index in [1.54, 1.807) is 6.07 Å². The minimum Gasteiger partial charge on any atom is -0.340 e. The van der Waals surface area contributed by atoms with Crippen molar-refractivity contribution < 1.29 is 8.78 Å². The molecule has 0 spiro atoms. The minimum atomic E-state index is -0.890. The van der Waals surface area contributed by atoms with Gasteiger partial charge in [0.25, 0.3) is 0 Å². The lowest BCUT2D eigenvalue weighted by Crippen LogP contribution is -2.01. The minimum absolute atomic E-state index is 0.463. The largest absolute Gasteiger partial charge is 0.340 e. The fourth-order valence-electron chi connectivity index (χ4n) is 3.52. The lowest BCUT2D eigenvalue weighted by atomic mass is 10.0. The summed E-state index contributed by atoms with van der Waals surface area (Å²) >= 11 is 0. The van der Waals surface area contributed by atoms with E-state index in [2.05, 4.69) is 41.3 Å². The van der Waals surface area contributed by atoms with Crippen LogP contribution in [-0.4, -0.2) is 14.5 Å². The number of anilines is 2. The van der Waals surface area contributed by atoms with Crippen LogP contribution in [0.15, 0.2) is 48.8 Å². The normalized spacial score (nSPS) is 11.4. The highest BCUT2D eigenvalue weighted by molar-refractivity contribution is 5.94. The molecule has 4 rings (SSSR count). The molecule has 1 N–H and O–H groups in total. The monoisotopic (exact) mass is 392 g/mol. The quantitative estimate of drug-likeness (QED) is 0.451. The molecular formula is C23H22F2N4. The Labute approximate surface area is 168 Å². The average molecular weight is 392 g/mol. The first-order valence-corrected chi connectivity index (χ1v) is 9.52. The number of halogens is 2. The van der Waals surface area contributed by atoms with Gasteiger partial charge in [0.05, 0.1) is 11.1 Å². The van der Waals surface area contributed by atoms with Crippen molar-refractivity contribution in [3.05, 3.63) is 77.2 Å². The Morgan fingerprint density at radius 1 is 0.931 bits per heavy atom. The topological polar surface area (TPSA) is 42.7 Å². The Bertz CT molecular complexity index is 1190. The lowest BCUT2D eigenvalue weighted by molar-refractivity contribution is 0.508. The molecule has 4 nitrogen and oxygen atoms in total. The Kier molecular flexibility index (Phi) is 4.78. The van der Waals surface area contributed by atoms with Gasteiger partial charge in [0.2, 0.25) is 0 Å². The first-order valence-electron chi connectivity index (χ1n) is 9.52. The first kappa shape index (κ1) is 19.1. The SMILES string of the molecule is Cc1c(C)n(-c2ccc(F)c(F)c2)c2ncnc(Nc3ccc(C(C)C)cc3)c12. The molecule has 0 amide bonds. The summed E-state index contributed by atoms with van der Waals surface area (Å²) in [4.78, 5) is 8.86. The van der Waals surface area contributed by atoms with Crippen molar-refractivity contribution in [1.82, 2.24) is 14.5 Å². The second kappa shape index (κ2) is 7.28. The number of hydrogen-bond acceptors (Lipinski definition) is 3. The number of benzene rings is 2. The third-order valence-corrected chi connectivity index (χ3v) is 5.29. The van der Waals surface area contributed by atoms with Crippen LogP contribution in [0.2, 0.25) is 0 Å². The van der Waals surface area contributed by atoms with E-state index in [-0.39, 0.29) is 0 Å². The smallest absolute Gasteiger partial charge is 0.160 e. The number of nitrogens with zero attached hydrogens (tertiary/aromatic N) is 3. The summed E-state index contributed by atoms with van der Waals surface area (Å²) in [6.07, 6.45) is 1.47. The van der Waals surface area contributed by atoms with Crippen LogP contribution in [0.3, 0.4) is 0 Å². The molecule has 0 bridgehead atoms. The lowest BCUT2D eigenvalue weighted by Gasteiger charge is -2.10. The third kappa shape index (κ3) is 3.35. The van der Waals surface area contributed by atoms with Crippen molar-refractivity contribution in [2.75, 3.05) is 5.32 Å². The van der Waals surface area contributed by atoms with Crippen LogP contribution in [0, 0.1) is 25.5 Å². The van der Waals surface area contributed by atoms with E-state index < -0.39 is 11.6 Å². The van der Waals surface area contributed by atoms with Gasteiger partial charge in [-0.3, -0.25) is 4.57 Å². The molecule has 0 unspecified atom stereocenters. The van der Waals surface area contributed by atoms with Crippen molar-refractivity contribution in [3.8, 4) is 5.69 Å². The highest BCUT2D eigenvalue weighted by Crippen LogP contribution is 2.33. The van der Waals surface area contributed by atoms with Crippen LogP contribution < -0.4 is 5.32 Å². The van der Waals surface area contributed by atoms with Crippen LogP contribution in [0.1, 0.15) is 36.6 Å². The maximum Gasteiger partial charge on any atom is 0.160 e. The molecule has 0 radical (unpaired) electrons. The molecule has 2 aromatic carbocycles. The zero-order valence-corrected chi connectivity index (χ0v) is 16.8. The number of nitrogens with one attached hydrogen (secondary N) is 1. The maximum atomic E-state index is 13.8. The number of aromatic nitrogens is 3. The Balaban J connectivity index is 1.82. The van der Waals surface area contributed by atoms with Gasteiger partial charge in [-0.2, -0.15) is 0 Å². The van der Waals surface area contributed by atoms with Gasteiger partial charge in [0.15, 0.2) is 17.3 Å². The summed E-state index contributed by atoms with van der Waals surface area (Å²) in [6.45, 7) is 8.22. The van der Waals surface area contributed by atoms with Crippen LogP contribution >= 0.6 is 0 Å². The van der Waals surface area contributed by atoms with E-state index in [0.717, 1.165) is 28.4 Å². The highest BCUT2D eigenvalue weighted by Gasteiger charge is 2.18. The standard InChI is InChI=1S/C23H22F2N4/c1-13(2)16-5-7-17(8-6-16)28-22-21-14(3)15(4)29(23(21)27-12-26-22)18-9-10-19(24)20(25)11-18/h5-13H,1-4H3,(H,26,27,28). The molecule has 0 aliphatic rings. The van der Waals surface area contributed by atoms with Gasteiger partial charge in [0.1, 0.15) is 12.1 Å². The van der Waals surface area contributed by atoms with Crippen molar-refractivity contribution >= 4 is 22.5 Å². The molecule has 0 saturated carbocycles. The zero-order valence-electron chi connectivity index (χ0n) is 16.8. The van der Waals surface area contributed by atoms with E-state index >= 15 is 0 Å². The molecule has 29 heavy (non-hydrogen) atoms. The van der Waals surface area contributed by atoms with E-state index in [9.17, 15) is 8.78 Å². The van der Waals surface area contributed by atoms with Crippen molar-refractivity contribution in [3.63, 3.8) is 0 Å². The average Bonchev–Trinajstić information content (AvgIpc) is 2.96. The molecule has 6 heteroatoms. The predicted octanol–water partition coefficient (Wildman–Crippen LogP) is 6.18. The van der Waals surface area contributed by atoms with Crippen LogP contribution in [0.4, 0.5) is 20.3 Å². The summed E-state index contributed by atoms with van der Waals surface area (Å²) in [7, 11) is 0. The van der Waals surface area contributed by atoms with Gasteiger partial charge >= 0.3 is 0 Å². The summed E-state index contributed by atoms with van der Waals surface area (Å²) in [5.74, 6) is -0.625. The second-order valence-electron chi connectivity index (χ2n) is 7.47. The van der Waals surface area contributed by atoms with Gasteiger partial charge in [-0.05, 0) is 55.2 Å². The molecule has 4 aromatic rings. The summed E-state index contributed by atoms with van der Waals surface area (Å²) in [5.41, 5.74) is 5.22. The number of fused-ring (bicyclic) bond motifs is 1. The summed E-state index contributed by atoms with van der Waals surface area (Å²) in [6, 6.07) is 12.1. The van der Waals surface area contributed by atoms with Crippen LogP contribution in [-0.2, 0) is 0 Å². The molecule has 2 aromatic heterocycles. The van der Waals surface area contributed by atoms with E-state index in [4.69, 9.17) is 0 Å². The van der Waals surface area contributed by atoms with E-state index in [1.807, 2.05) is 30.5 Å². The highest BCUT2D eigenvalue weighted by atomic mass is 19.2. The van der Waals surface area contributed by atoms with Crippen molar-refractivity contribution in [2.24, 2.45) is 0 Å². The van der Waals surface area contributed by atoms with Gasteiger partial charge in [-0.1, -0.05) is 26.0 Å². The van der Waals surface area contributed by atoms with Crippen molar-refractivity contribution in [2.45, 2.75) is 33.6 Å². The summed E-state index contributed by atoms with van der Waals surface area (Å²) < 4.78 is 29.0. The fourth-order valence-corrected chi connectivity index (χ4v) is 3.52. The number of aryl methyl sites for hydroxylation is 1. The van der Waals surface area contributed by atoms with Crippen molar-refractivity contribution in [1.29, 1.82) is 0 Å². The number of rotatable bonds is 4. The predicted molar refractivity (Wildman–Crippen MR) is 112 cm³/mol. The second-order valence-corrected chi connectivity index (χ2v) is 7.47. The van der Waals surface area contributed by atoms with Gasteiger partial charge in [-0.25, -0.2) is 18.7 Å². The number of hydrogen-bond donors (Lipinski definition) is 1. The van der Waals surface area contributed by atoms with Gasteiger partial charge < -0.3 is 5.32 Å².